The molecule has 0 amide bonds. The van der Waals surface area contributed by atoms with Gasteiger partial charge in [0.25, 0.3) is 0 Å². The fourth-order valence-electron chi connectivity index (χ4n) is 2.67. The van der Waals surface area contributed by atoms with Gasteiger partial charge in [0.1, 0.15) is 5.82 Å². The summed E-state index contributed by atoms with van der Waals surface area (Å²) in [7, 11) is 0. The monoisotopic (exact) mass is 274 g/mol. The number of nitrogens with zero attached hydrogens (tertiary/aromatic N) is 3. The minimum atomic E-state index is -0.200. The Kier molecular flexibility index (Phi) is 3.30. The summed E-state index contributed by atoms with van der Waals surface area (Å²) in [4.78, 5) is 0. The van der Waals surface area contributed by atoms with Crippen molar-refractivity contribution in [2.75, 3.05) is 6.54 Å². The van der Waals surface area contributed by atoms with E-state index < -0.39 is 0 Å². The normalized spacial score (nSPS) is 18.4. The Labute approximate surface area is 118 Å². The number of rotatable bonds is 2. The van der Waals surface area contributed by atoms with Crippen LogP contribution in [0.5, 0.6) is 0 Å². The second-order valence-corrected chi connectivity index (χ2v) is 5.67. The SMILES string of the molecule is Cc1ccc(-c2nnc3n2CCNC3C(C)C)cc1F. The smallest absolute Gasteiger partial charge is 0.164 e. The molecule has 0 saturated carbocycles. The van der Waals surface area contributed by atoms with Crippen LogP contribution < -0.4 is 5.32 Å². The zero-order chi connectivity index (χ0) is 14.3. The van der Waals surface area contributed by atoms with E-state index in [1.807, 2.05) is 6.07 Å². The molecule has 0 spiro atoms. The highest BCUT2D eigenvalue weighted by Crippen LogP contribution is 2.28. The molecule has 2 heterocycles. The third kappa shape index (κ3) is 2.12. The van der Waals surface area contributed by atoms with Crippen molar-refractivity contribution in [2.24, 2.45) is 5.92 Å². The number of benzene rings is 1. The van der Waals surface area contributed by atoms with Crippen molar-refractivity contribution in [3.8, 4) is 11.4 Å². The highest BCUT2D eigenvalue weighted by molar-refractivity contribution is 5.56. The lowest BCUT2D eigenvalue weighted by molar-refractivity contribution is 0.339. The fourth-order valence-corrected chi connectivity index (χ4v) is 2.67. The lowest BCUT2D eigenvalue weighted by Crippen LogP contribution is -2.36. The summed E-state index contributed by atoms with van der Waals surface area (Å²) in [6.45, 7) is 7.78. The second kappa shape index (κ2) is 4.98. The average Bonchev–Trinajstić information content (AvgIpc) is 2.85. The van der Waals surface area contributed by atoms with Crippen LogP contribution in [0, 0.1) is 18.7 Å². The van der Waals surface area contributed by atoms with Crippen LogP contribution in [-0.4, -0.2) is 21.3 Å². The van der Waals surface area contributed by atoms with Crippen LogP contribution in [0.4, 0.5) is 4.39 Å². The summed E-state index contributed by atoms with van der Waals surface area (Å²) < 4.78 is 15.8. The fraction of sp³-hybridized carbons (Fsp3) is 0.467. The van der Waals surface area contributed by atoms with Crippen molar-refractivity contribution < 1.29 is 4.39 Å². The number of nitrogens with one attached hydrogen (secondary N) is 1. The molecule has 1 aliphatic rings. The van der Waals surface area contributed by atoms with Gasteiger partial charge < -0.3 is 9.88 Å². The van der Waals surface area contributed by atoms with Gasteiger partial charge in [-0.1, -0.05) is 26.0 Å². The Hall–Kier alpha value is -1.75. The molecule has 0 fully saturated rings. The third-order valence-electron chi connectivity index (χ3n) is 3.85. The van der Waals surface area contributed by atoms with Crippen LogP contribution in [0.3, 0.4) is 0 Å². The largest absolute Gasteiger partial charge is 0.308 e. The van der Waals surface area contributed by atoms with Gasteiger partial charge in [-0.15, -0.1) is 10.2 Å². The van der Waals surface area contributed by atoms with Gasteiger partial charge in [0.2, 0.25) is 0 Å². The first-order valence-corrected chi connectivity index (χ1v) is 7.01. The van der Waals surface area contributed by atoms with Gasteiger partial charge in [0.05, 0.1) is 6.04 Å². The standard InChI is InChI=1S/C15H19FN4/c1-9(2)13-15-19-18-14(20(15)7-6-17-13)11-5-4-10(3)12(16)8-11/h4-5,8-9,13,17H,6-7H2,1-3H3. The van der Waals surface area contributed by atoms with Gasteiger partial charge in [0.15, 0.2) is 11.6 Å². The van der Waals surface area contributed by atoms with E-state index in [1.54, 1.807) is 19.1 Å². The van der Waals surface area contributed by atoms with E-state index in [0.29, 0.717) is 11.5 Å². The first-order chi connectivity index (χ1) is 9.58. The summed E-state index contributed by atoms with van der Waals surface area (Å²) in [6, 6.07) is 5.44. The molecule has 1 aromatic carbocycles. The van der Waals surface area contributed by atoms with Crippen LogP contribution in [0.25, 0.3) is 11.4 Å². The number of fused-ring (bicyclic) bond motifs is 1. The number of aromatic nitrogens is 3. The van der Waals surface area contributed by atoms with E-state index in [0.717, 1.165) is 30.3 Å². The predicted molar refractivity (Wildman–Crippen MR) is 75.7 cm³/mol. The maximum Gasteiger partial charge on any atom is 0.164 e. The van der Waals surface area contributed by atoms with Crippen molar-refractivity contribution in [3.05, 3.63) is 35.4 Å². The molecule has 1 aliphatic heterocycles. The van der Waals surface area contributed by atoms with Crippen molar-refractivity contribution in [2.45, 2.75) is 33.4 Å². The van der Waals surface area contributed by atoms with Gasteiger partial charge >= 0.3 is 0 Å². The second-order valence-electron chi connectivity index (χ2n) is 5.67. The summed E-state index contributed by atoms with van der Waals surface area (Å²) in [6.07, 6.45) is 0. The van der Waals surface area contributed by atoms with E-state index in [9.17, 15) is 4.39 Å². The Morgan fingerprint density at radius 1 is 1.35 bits per heavy atom. The molecule has 0 bridgehead atoms. The van der Waals surface area contributed by atoms with E-state index in [-0.39, 0.29) is 11.9 Å². The Bertz CT molecular complexity index is 633. The number of hydrogen-bond donors (Lipinski definition) is 1. The van der Waals surface area contributed by atoms with Gasteiger partial charge in [-0.25, -0.2) is 4.39 Å². The first kappa shape index (κ1) is 13.2. The van der Waals surface area contributed by atoms with Crippen LogP contribution in [0.1, 0.15) is 31.3 Å². The van der Waals surface area contributed by atoms with Crippen LogP contribution in [-0.2, 0) is 6.54 Å². The summed E-state index contributed by atoms with van der Waals surface area (Å²) in [5.74, 6) is 1.95. The van der Waals surface area contributed by atoms with Crippen molar-refractivity contribution in [3.63, 3.8) is 0 Å². The lowest BCUT2D eigenvalue weighted by Gasteiger charge is -2.27. The number of aryl methyl sites for hydroxylation is 1. The molecule has 0 radical (unpaired) electrons. The molecule has 1 atom stereocenters. The van der Waals surface area contributed by atoms with E-state index in [4.69, 9.17) is 0 Å². The number of hydrogen-bond acceptors (Lipinski definition) is 3. The summed E-state index contributed by atoms with van der Waals surface area (Å²) in [5, 5.41) is 12.1. The quantitative estimate of drug-likeness (QED) is 0.915. The Morgan fingerprint density at radius 2 is 2.15 bits per heavy atom. The third-order valence-corrected chi connectivity index (χ3v) is 3.85. The van der Waals surface area contributed by atoms with E-state index >= 15 is 0 Å². The molecule has 1 aromatic heterocycles. The number of halogens is 1. The molecule has 5 heteroatoms. The average molecular weight is 274 g/mol. The van der Waals surface area contributed by atoms with E-state index in [1.165, 1.54) is 0 Å². The molecule has 2 aromatic rings. The maximum absolute atomic E-state index is 13.7. The maximum atomic E-state index is 13.7. The lowest BCUT2D eigenvalue weighted by atomic mass is 10.0. The molecule has 20 heavy (non-hydrogen) atoms. The van der Waals surface area contributed by atoms with Crippen LogP contribution in [0.2, 0.25) is 0 Å². The van der Waals surface area contributed by atoms with E-state index in [2.05, 4.69) is 33.9 Å². The predicted octanol–water partition coefficient (Wildman–Crippen LogP) is 2.69. The molecule has 3 rings (SSSR count). The summed E-state index contributed by atoms with van der Waals surface area (Å²) >= 11 is 0. The van der Waals surface area contributed by atoms with Gasteiger partial charge in [-0.05, 0) is 24.5 Å². The molecule has 1 unspecified atom stereocenters. The highest BCUT2D eigenvalue weighted by atomic mass is 19.1. The molecule has 0 saturated heterocycles. The van der Waals surface area contributed by atoms with Gasteiger partial charge in [-0.3, -0.25) is 0 Å². The zero-order valence-corrected chi connectivity index (χ0v) is 12.0. The molecular weight excluding hydrogens is 255 g/mol. The first-order valence-electron chi connectivity index (χ1n) is 7.01. The van der Waals surface area contributed by atoms with Gasteiger partial charge in [-0.2, -0.15) is 0 Å². The Morgan fingerprint density at radius 3 is 2.85 bits per heavy atom. The molecule has 0 aliphatic carbocycles. The topological polar surface area (TPSA) is 42.7 Å². The minimum Gasteiger partial charge on any atom is -0.308 e. The zero-order valence-electron chi connectivity index (χ0n) is 12.0. The van der Waals surface area contributed by atoms with Crippen molar-refractivity contribution in [1.29, 1.82) is 0 Å². The Balaban J connectivity index is 2.06. The summed E-state index contributed by atoms with van der Waals surface area (Å²) in [5.41, 5.74) is 1.44. The van der Waals surface area contributed by atoms with Crippen LogP contribution in [0.15, 0.2) is 18.2 Å². The molecule has 1 N–H and O–H groups in total. The minimum absolute atomic E-state index is 0.200. The van der Waals surface area contributed by atoms with Crippen molar-refractivity contribution >= 4 is 0 Å². The molecular formula is C15H19FN4. The van der Waals surface area contributed by atoms with Crippen molar-refractivity contribution in [1.82, 2.24) is 20.1 Å². The highest BCUT2D eigenvalue weighted by Gasteiger charge is 2.27. The molecule has 4 nitrogen and oxygen atoms in total. The van der Waals surface area contributed by atoms with Gasteiger partial charge in [0, 0.05) is 18.7 Å². The molecule has 106 valence electrons. The van der Waals surface area contributed by atoms with Crippen LogP contribution >= 0.6 is 0 Å².